The van der Waals surface area contributed by atoms with E-state index in [1.54, 1.807) is 6.92 Å². The fourth-order valence-electron chi connectivity index (χ4n) is 1.57. The molecule has 1 heterocycles. The number of benzene rings is 1. The second kappa shape index (κ2) is 6.02. The number of hydrogen-bond acceptors (Lipinski definition) is 6. The van der Waals surface area contributed by atoms with Crippen molar-refractivity contribution in [2.45, 2.75) is 25.3 Å². The van der Waals surface area contributed by atoms with Crippen LogP contribution in [0, 0.1) is 6.92 Å². The zero-order valence-corrected chi connectivity index (χ0v) is 12.3. The van der Waals surface area contributed by atoms with Gasteiger partial charge in [-0.1, -0.05) is 0 Å². The van der Waals surface area contributed by atoms with Crippen LogP contribution in [0.15, 0.2) is 33.6 Å². The summed E-state index contributed by atoms with van der Waals surface area (Å²) in [6, 6.07) is 5.80. The summed E-state index contributed by atoms with van der Waals surface area (Å²) in [7, 11) is -3.68. The Balaban J connectivity index is 2.06. The van der Waals surface area contributed by atoms with Crippen LogP contribution in [-0.2, 0) is 21.4 Å². The Bertz CT molecular complexity index is 737. The lowest BCUT2D eigenvalue weighted by Crippen LogP contribution is -2.23. The van der Waals surface area contributed by atoms with E-state index in [1.807, 2.05) is 0 Å². The maximum atomic E-state index is 12.1. The topological polar surface area (TPSA) is 114 Å². The van der Waals surface area contributed by atoms with Gasteiger partial charge in [0.15, 0.2) is 0 Å². The summed E-state index contributed by atoms with van der Waals surface area (Å²) in [6.07, 6.45) is 0. The van der Waals surface area contributed by atoms with Crippen molar-refractivity contribution in [1.82, 2.24) is 14.9 Å². The average Bonchev–Trinajstić information content (AvgIpc) is 2.82. The van der Waals surface area contributed by atoms with E-state index in [2.05, 4.69) is 20.2 Å². The number of aryl methyl sites for hydroxylation is 1. The average molecular weight is 310 g/mol. The highest BCUT2D eigenvalue weighted by atomic mass is 32.2. The lowest BCUT2D eigenvalue weighted by atomic mass is 10.3. The Hall–Kier alpha value is -2.26. The van der Waals surface area contributed by atoms with Crippen molar-refractivity contribution in [3.05, 3.63) is 36.0 Å². The molecule has 0 saturated heterocycles. The highest BCUT2D eigenvalue weighted by Crippen LogP contribution is 2.14. The molecule has 0 aliphatic rings. The first-order chi connectivity index (χ1) is 9.87. The summed E-state index contributed by atoms with van der Waals surface area (Å²) in [5.41, 5.74) is 0.522. The van der Waals surface area contributed by atoms with Gasteiger partial charge in [0, 0.05) is 19.5 Å². The van der Waals surface area contributed by atoms with Crippen molar-refractivity contribution in [1.29, 1.82) is 0 Å². The number of amides is 1. The molecule has 0 atom stereocenters. The van der Waals surface area contributed by atoms with Gasteiger partial charge in [0.05, 0.1) is 11.4 Å². The van der Waals surface area contributed by atoms with E-state index in [0.717, 1.165) is 0 Å². The zero-order valence-electron chi connectivity index (χ0n) is 11.5. The predicted octanol–water partition coefficient (Wildman–Crippen LogP) is 0.815. The molecule has 2 aromatic rings. The number of aromatic nitrogens is 2. The van der Waals surface area contributed by atoms with Gasteiger partial charge in [-0.2, -0.15) is 0 Å². The Morgan fingerprint density at radius 1 is 1.24 bits per heavy atom. The Morgan fingerprint density at radius 2 is 1.90 bits per heavy atom. The first-order valence-electron chi connectivity index (χ1n) is 6.03. The Labute approximate surface area is 121 Å². The smallest absolute Gasteiger partial charge is 0.241 e. The molecule has 1 aromatic carbocycles. The van der Waals surface area contributed by atoms with E-state index >= 15 is 0 Å². The van der Waals surface area contributed by atoms with Crippen LogP contribution in [0.25, 0.3) is 0 Å². The van der Waals surface area contributed by atoms with E-state index < -0.39 is 10.0 Å². The Kier molecular flexibility index (Phi) is 4.34. The molecule has 8 nitrogen and oxygen atoms in total. The molecule has 1 aromatic heterocycles. The van der Waals surface area contributed by atoms with Gasteiger partial charge >= 0.3 is 0 Å². The standard InChI is InChI=1S/C12H14N4O4S/c1-8(17)14-10-3-5-11(6-4-10)21(18,19)13-7-12-16-15-9(2)20-12/h3-6,13H,7H2,1-2H3,(H,14,17). The van der Waals surface area contributed by atoms with Gasteiger partial charge < -0.3 is 9.73 Å². The van der Waals surface area contributed by atoms with Crippen LogP contribution in [0.2, 0.25) is 0 Å². The third-order valence-corrected chi connectivity index (χ3v) is 3.88. The molecule has 112 valence electrons. The quantitative estimate of drug-likeness (QED) is 0.845. The highest BCUT2D eigenvalue weighted by Gasteiger charge is 2.15. The summed E-state index contributed by atoms with van der Waals surface area (Å²) in [5, 5.41) is 9.86. The Morgan fingerprint density at radius 3 is 2.43 bits per heavy atom. The second-order valence-electron chi connectivity index (χ2n) is 4.24. The van der Waals surface area contributed by atoms with Crippen LogP contribution in [-0.4, -0.2) is 24.5 Å². The molecule has 9 heteroatoms. The number of nitrogens with one attached hydrogen (secondary N) is 2. The molecule has 2 rings (SSSR count). The molecule has 1 amide bonds. The maximum Gasteiger partial charge on any atom is 0.241 e. The third kappa shape index (κ3) is 4.10. The van der Waals surface area contributed by atoms with Crippen molar-refractivity contribution in [3.63, 3.8) is 0 Å². The first kappa shape index (κ1) is 15.1. The summed E-state index contributed by atoms with van der Waals surface area (Å²) in [6.45, 7) is 2.90. The highest BCUT2D eigenvalue weighted by molar-refractivity contribution is 7.89. The van der Waals surface area contributed by atoms with Gasteiger partial charge in [-0.25, -0.2) is 13.1 Å². The fraction of sp³-hybridized carbons (Fsp3) is 0.250. The van der Waals surface area contributed by atoms with E-state index in [-0.39, 0.29) is 23.2 Å². The number of sulfonamides is 1. The maximum absolute atomic E-state index is 12.1. The normalized spacial score (nSPS) is 11.3. The predicted molar refractivity (Wildman–Crippen MR) is 73.8 cm³/mol. The number of hydrogen-bond donors (Lipinski definition) is 2. The van der Waals surface area contributed by atoms with Gasteiger partial charge in [-0.05, 0) is 24.3 Å². The SMILES string of the molecule is CC(=O)Nc1ccc(S(=O)(=O)NCc2nnc(C)o2)cc1. The third-order valence-electron chi connectivity index (χ3n) is 2.47. The van der Waals surface area contributed by atoms with Crippen LogP contribution in [0.5, 0.6) is 0 Å². The molecule has 0 radical (unpaired) electrons. The van der Waals surface area contributed by atoms with Gasteiger partial charge in [0.2, 0.25) is 27.7 Å². The van der Waals surface area contributed by atoms with E-state index in [9.17, 15) is 13.2 Å². The zero-order chi connectivity index (χ0) is 15.5. The van der Waals surface area contributed by atoms with Gasteiger partial charge in [0.1, 0.15) is 0 Å². The second-order valence-corrected chi connectivity index (χ2v) is 6.01. The van der Waals surface area contributed by atoms with Crippen molar-refractivity contribution >= 4 is 21.6 Å². The van der Waals surface area contributed by atoms with Gasteiger partial charge in [0.25, 0.3) is 0 Å². The molecule has 2 N–H and O–H groups in total. The minimum absolute atomic E-state index is 0.0767. The molecule has 0 aliphatic carbocycles. The minimum Gasteiger partial charge on any atom is -0.424 e. The summed E-state index contributed by atoms with van der Waals surface area (Å²) >= 11 is 0. The number of nitrogens with zero attached hydrogens (tertiary/aromatic N) is 2. The van der Waals surface area contributed by atoms with Crippen molar-refractivity contribution < 1.29 is 17.6 Å². The molecule has 0 saturated carbocycles. The monoisotopic (exact) mass is 310 g/mol. The van der Waals surface area contributed by atoms with E-state index in [0.29, 0.717) is 11.6 Å². The van der Waals surface area contributed by atoms with E-state index in [4.69, 9.17) is 4.42 Å². The lowest BCUT2D eigenvalue weighted by molar-refractivity contribution is -0.114. The molecule has 0 bridgehead atoms. The van der Waals surface area contributed by atoms with Gasteiger partial charge in [-0.15, -0.1) is 10.2 Å². The van der Waals surface area contributed by atoms with Crippen molar-refractivity contribution in [2.75, 3.05) is 5.32 Å². The van der Waals surface area contributed by atoms with Crippen molar-refractivity contribution in [3.8, 4) is 0 Å². The molecule has 0 fully saturated rings. The number of anilines is 1. The number of carbonyl (C=O) groups is 1. The van der Waals surface area contributed by atoms with Crippen LogP contribution in [0.4, 0.5) is 5.69 Å². The molecular formula is C12H14N4O4S. The molecular weight excluding hydrogens is 296 g/mol. The molecule has 21 heavy (non-hydrogen) atoms. The molecule has 0 spiro atoms. The van der Waals surface area contributed by atoms with Crippen molar-refractivity contribution in [2.24, 2.45) is 0 Å². The summed E-state index contributed by atoms with van der Waals surface area (Å²) < 4.78 is 31.5. The van der Waals surface area contributed by atoms with Crippen LogP contribution >= 0.6 is 0 Å². The first-order valence-corrected chi connectivity index (χ1v) is 7.51. The largest absolute Gasteiger partial charge is 0.424 e. The summed E-state index contributed by atoms with van der Waals surface area (Å²) in [4.78, 5) is 11.0. The fourth-order valence-corrected chi connectivity index (χ4v) is 2.54. The van der Waals surface area contributed by atoms with E-state index in [1.165, 1.54) is 31.2 Å². The summed E-state index contributed by atoms with van der Waals surface area (Å²) in [5.74, 6) is 0.324. The minimum atomic E-state index is -3.68. The van der Waals surface area contributed by atoms with Crippen LogP contribution in [0.3, 0.4) is 0 Å². The molecule has 0 unspecified atom stereocenters. The van der Waals surface area contributed by atoms with Gasteiger partial charge in [-0.3, -0.25) is 4.79 Å². The van der Waals surface area contributed by atoms with Crippen LogP contribution < -0.4 is 10.0 Å². The van der Waals surface area contributed by atoms with Crippen LogP contribution in [0.1, 0.15) is 18.7 Å². The number of carbonyl (C=O) groups excluding carboxylic acids is 1. The number of rotatable bonds is 5. The lowest BCUT2D eigenvalue weighted by Gasteiger charge is -2.06. The molecule has 0 aliphatic heterocycles.